The van der Waals surface area contributed by atoms with Gasteiger partial charge in [-0.05, 0) is 61.9 Å². The lowest BCUT2D eigenvalue weighted by Gasteiger charge is -2.31. The van der Waals surface area contributed by atoms with Crippen molar-refractivity contribution >= 4 is 18.0 Å². The van der Waals surface area contributed by atoms with Crippen LogP contribution in [0.15, 0.2) is 36.4 Å². The number of benzene rings is 1. The Bertz CT molecular complexity index is 719. The fourth-order valence-electron chi connectivity index (χ4n) is 2.99. The summed E-state index contributed by atoms with van der Waals surface area (Å²) in [4.78, 5) is 37.6. The van der Waals surface area contributed by atoms with E-state index < -0.39 is 6.16 Å². The van der Waals surface area contributed by atoms with Gasteiger partial charge in [-0.2, -0.15) is 0 Å². The van der Waals surface area contributed by atoms with Gasteiger partial charge in [0.15, 0.2) is 0 Å². The summed E-state index contributed by atoms with van der Waals surface area (Å²) in [6.45, 7) is 8.01. The van der Waals surface area contributed by atoms with Crippen molar-refractivity contribution in [2.45, 2.75) is 33.6 Å². The summed E-state index contributed by atoms with van der Waals surface area (Å²) in [7, 11) is 0. The van der Waals surface area contributed by atoms with Gasteiger partial charge in [0.05, 0.1) is 6.61 Å². The molecule has 0 aromatic heterocycles. The van der Waals surface area contributed by atoms with E-state index in [4.69, 9.17) is 9.47 Å². The highest BCUT2D eigenvalue weighted by atomic mass is 16.7. The zero-order valence-electron chi connectivity index (χ0n) is 17.3. The van der Waals surface area contributed by atoms with Crippen molar-refractivity contribution in [1.82, 2.24) is 10.2 Å². The van der Waals surface area contributed by atoms with E-state index in [0.717, 1.165) is 12.8 Å². The van der Waals surface area contributed by atoms with Crippen LogP contribution in [0, 0.1) is 11.8 Å². The number of carbonyl (C=O) groups is 3. The first kappa shape index (κ1) is 22.5. The lowest BCUT2D eigenvalue weighted by Crippen LogP contribution is -2.41. The van der Waals surface area contributed by atoms with Gasteiger partial charge in [-0.1, -0.05) is 19.9 Å². The fraction of sp³-hybridized carbons (Fsp3) is 0.500. The average molecular weight is 402 g/mol. The number of nitrogens with one attached hydrogen (secondary N) is 1. The summed E-state index contributed by atoms with van der Waals surface area (Å²) < 4.78 is 9.68. The van der Waals surface area contributed by atoms with Gasteiger partial charge in [0.25, 0.3) is 5.91 Å². The van der Waals surface area contributed by atoms with E-state index in [1.807, 2.05) is 24.8 Å². The minimum absolute atomic E-state index is 0.0614. The normalized spacial score (nSPS) is 14.8. The number of carbonyl (C=O) groups excluding carboxylic acids is 3. The Morgan fingerprint density at radius 1 is 1.17 bits per heavy atom. The third-order valence-corrected chi connectivity index (χ3v) is 4.68. The molecule has 0 aliphatic carbocycles. The molecule has 1 fully saturated rings. The molecule has 29 heavy (non-hydrogen) atoms. The van der Waals surface area contributed by atoms with E-state index in [0.29, 0.717) is 42.8 Å². The summed E-state index contributed by atoms with van der Waals surface area (Å²) in [5, 5.41) is 2.94. The summed E-state index contributed by atoms with van der Waals surface area (Å²) >= 11 is 0. The molecule has 1 aliphatic rings. The van der Waals surface area contributed by atoms with Gasteiger partial charge >= 0.3 is 6.16 Å². The minimum Gasteiger partial charge on any atom is -0.434 e. The molecule has 0 atom stereocenters. The standard InChI is InChI=1S/C22H30N2O5/c1-4-28-22(27)29-19-8-6-18(7-9-19)21(26)23-15-17-11-13-24(14-12-17)20(25)10-5-16(2)3/h5-10,16-17H,4,11-15H2,1-3H3,(H,23,26)/b10-5+. The highest BCUT2D eigenvalue weighted by Gasteiger charge is 2.22. The van der Waals surface area contributed by atoms with Crippen LogP contribution in [0.1, 0.15) is 44.0 Å². The summed E-state index contributed by atoms with van der Waals surface area (Å²) in [5.74, 6) is 0.918. The molecular weight excluding hydrogens is 372 g/mol. The summed E-state index contributed by atoms with van der Waals surface area (Å²) in [6, 6.07) is 6.32. The molecule has 0 unspecified atom stereocenters. The SMILES string of the molecule is CCOC(=O)Oc1ccc(C(=O)NCC2CCN(C(=O)/C=C/C(C)C)CC2)cc1. The van der Waals surface area contributed by atoms with Crippen molar-refractivity contribution in [2.75, 3.05) is 26.2 Å². The number of allylic oxidation sites excluding steroid dienone is 1. The van der Waals surface area contributed by atoms with E-state index in [2.05, 4.69) is 5.32 Å². The van der Waals surface area contributed by atoms with Crippen molar-refractivity contribution < 1.29 is 23.9 Å². The Morgan fingerprint density at radius 3 is 2.41 bits per heavy atom. The number of likely N-dealkylation sites (tertiary alicyclic amines) is 1. The molecule has 7 nitrogen and oxygen atoms in total. The number of hydrogen-bond donors (Lipinski definition) is 1. The third-order valence-electron chi connectivity index (χ3n) is 4.68. The van der Waals surface area contributed by atoms with Crippen molar-refractivity contribution in [3.05, 3.63) is 42.0 Å². The number of piperidine rings is 1. The lowest BCUT2D eigenvalue weighted by molar-refractivity contribution is -0.127. The van der Waals surface area contributed by atoms with E-state index in [1.54, 1.807) is 37.3 Å². The summed E-state index contributed by atoms with van der Waals surface area (Å²) in [6.07, 6.45) is 4.54. The second kappa shape index (κ2) is 11.2. The van der Waals surface area contributed by atoms with E-state index >= 15 is 0 Å². The van der Waals surface area contributed by atoms with Gasteiger partial charge < -0.3 is 19.7 Å². The Hall–Kier alpha value is -2.83. The predicted molar refractivity (Wildman–Crippen MR) is 110 cm³/mol. The number of hydrogen-bond acceptors (Lipinski definition) is 5. The Kier molecular flexibility index (Phi) is 8.70. The molecule has 1 saturated heterocycles. The maximum absolute atomic E-state index is 12.3. The van der Waals surface area contributed by atoms with Crippen LogP contribution in [0.4, 0.5) is 4.79 Å². The van der Waals surface area contributed by atoms with Crippen LogP contribution in [0.5, 0.6) is 5.75 Å². The first-order valence-corrected chi connectivity index (χ1v) is 10.1. The maximum atomic E-state index is 12.3. The zero-order valence-corrected chi connectivity index (χ0v) is 17.3. The summed E-state index contributed by atoms with van der Waals surface area (Å²) in [5.41, 5.74) is 0.493. The molecular formula is C22H30N2O5. The molecule has 7 heteroatoms. The zero-order chi connectivity index (χ0) is 21.2. The van der Waals surface area contributed by atoms with Crippen LogP contribution in [0.25, 0.3) is 0 Å². The molecule has 1 aromatic carbocycles. The molecule has 158 valence electrons. The van der Waals surface area contributed by atoms with E-state index in [9.17, 15) is 14.4 Å². The van der Waals surface area contributed by atoms with Crippen molar-refractivity contribution in [3.8, 4) is 5.75 Å². The quantitative estimate of drug-likeness (QED) is 0.429. The topological polar surface area (TPSA) is 84.9 Å². The number of rotatable bonds is 7. The molecule has 1 N–H and O–H groups in total. The van der Waals surface area contributed by atoms with Crippen molar-refractivity contribution in [1.29, 1.82) is 0 Å². The highest BCUT2D eigenvalue weighted by Crippen LogP contribution is 2.18. The molecule has 0 spiro atoms. The average Bonchev–Trinajstić information content (AvgIpc) is 2.71. The number of nitrogens with zero attached hydrogens (tertiary/aromatic N) is 1. The van der Waals surface area contributed by atoms with Crippen LogP contribution in [-0.2, 0) is 9.53 Å². The van der Waals surface area contributed by atoms with Crippen LogP contribution in [-0.4, -0.2) is 49.1 Å². The fourth-order valence-corrected chi connectivity index (χ4v) is 2.99. The molecule has 1 aliphatic heterocycles. The Labute approximate surface area is 172 Å². The van der Waals surface area contributed by atoms with E-state index in [-0.39, 0.29) is 18.4 Å². The second-order valence-corrected chi connectivity index (χ2v) is 7.39. The van der Waals surface area contributed by atoms with Gasteiger partial charge in [0.2, 0.25) is 5.91 Å². The monoisotopic (exact) mass is 402 g/mol. The lowest BCUT2D eigenvalue weighted by atomic mass is 9.96. The predicted octanol–water partition coefficient (Wildman–Crippen LogP) is 3.40. The van der Waals surface area contributed by atoms with Gasteiger partial charge in [-0.15, -0.1) is 0 Å². The van der Waals surface area contributed by atoms with Crippen LogP contribution in [0.3, 0.4) is 0 Å². The van der Waals surface area contributed by atoms with Gasteiger partial charge in [-0.3, -0.25) is 9.59 Å². The largest absolute Gasteiger partial charge is 0.513 e. The highest BCUT2D eigenvalue weighted by molar-refractivity contribution is 5.94. The first-order chi connectivity index (χ1) is 13.9. The Balaban J connectivity index is 1.74. The smallest absolute Gasteiger partial charge is 0.434 e. The van der Waals surface area contributed by atoms with Gasteiger partial charge in [0.1, 0.15) is 5.75 Å². The van der Waals surface area contributed by atoms with Crippen LogP contribution in [0.2, 0.25) is 0 Å². The molecule has 0 saturated carbocycles. The molecule has 2 amide bonds. The Morgan fingerprint density at radius 2 is 1.83 bits per heavy atom. The third kappa shape index (κ3) is 7.60. The molecule has 0 radical (unpaired) electrons. The van der Waals surface area contributed by atoms with E-state index in [1.165, 1.54) is 0 Å². The van der Waals surface area contributed by atoms with Crippen LogP contribution >= 0.6 is 0 Å². The van der Waals surface area contributed by atoms with Gasteiger partial charge in [0, 0.05) is 25.2 Å². The van der Waals surface area contributed by atoms with Gasteiger partial charge in [-0.25, -0.2) is 4.79 Å². The first-order valence-electron chi connectivity index (χ1n) is 10.1. The second-order valence-electron chi connectivity index (χ2n) is 7.39. The molecule has 0 bridgehead atoms. The van der Waals surface area contributed by atoms with Crippen LogP contribution < -0.4 is 10.1 Å². The van der Waals surface area contributed by atoms with Crippen molar-refractivity contribution in [2.24, 2.45) is 11.8 Å². The molecule has 2 rings (SSSR count). The number of ether oxygens (including phenoxy) is 2. The maximum Gasteiger partial charge on any atom is 0.513 e. The minimum atomic E-state index is -0.769. The number of amides is 2. The molecule has 1 heterocycles. The molecule has 1 aromatic rings. The van der Waals surface area contributed by atoms with Crippen molar-refractivity contribution in [3.63, 3.8) is 0 Å².